The lowest BCUT2D eigenvalue weighted by molar-refractivity contribution is 0.0944. The Morgan fingerprint density at radius 3 is 2.36 bits per heavy atom. The van der Waals surface area contributed by atoms with Gasteiger partial charge in [0.1, 0.15) is 18.2 Å². The van der Waals surface area contributed by atoms with Crippen molar-refractivity contribution in [2.45, 2.75) is 93.7 Å². The van der Waals surface area contributed by atoms with Gasteiger partial charge in [-0.1, -0.05) is 89.4 Å². The number of para-hydroxylation sites is 1. The minimum Gasteiger partial charge on any atom is -0.485 e. The summed E-state index contributed by atoms with van der Waals surface area (Å²) in [6, 6.07) is 19.4. The molecule has 7 nitrogen and oxygen atoms in total. The van der Waals surface area contributed by atoms with Gasteiger partial charge in [0.15, 0.2) is 0 Å². The number of rotatable bonds is 13. The number of benzene rings is 3. The average molecular weight is 600 g/mol. The van der Waals surface area contributed by atoms with Crippen molar-refractivity contribution in [3.05, 3.63) is 88.5 Å². The molecular weight excluding hydrogens is 546 g/mol. The van der Waals surface area contributed by atoms with Crippen molar-refractivity contribution in [3.63, 3.8) is 0 Å². The number of aryl methyl sites for hydroxylation is 3. The van der Waals surface area contributed by atoms with Crippen LogP contribution in [0.3, 0.4) is 0 Å². The summed E-state index contributed by atoms with van der Waals surface area (Å²) in [6.07, 6.45) is 3.88. The number of carbonyl (C=O) groups excluding carboxylic acids is 1. The quantitative estimate of drug-likeness (QED) is 0.116. The number of ether oxygens (including phenoxy) is 1. The second-order valence-corrected chi connectivity index (χ2v) is 10.8. The van der Waals surface area contributed by atoms with E-state index in [1.165, 1.54) is 22.3 Å². The first kappa shape index (κ1) is 36.1. The molecule has 0 radical (unpaired) electrons. The number of hydrogen-bond acceptors (Lipinski definition) is 5. The molecule has 0 aliphatic heterocycles. The van der Waals surface area contributed by atoms with Crippen molar-refractivity contribution in [2.24, 2.45) is 16.6 Å². The van der Waals surface area contributed by atoms with Crippen LogP contribution in [0.2, 0.25) is 0 Å². The molecule has 1 fully saturated rings. The van der Waals surface area contributed by atoms with Crippen LogP contribution in [0.25, 0.3) is 0 Å². The van der Waals surface area contributed by atoms with Crippen molar-refractivity contribution in [1.29, 1.82) is 5.41 Å². The van der Waals surface area contributed by atoms with Gasteiger partial charge < -0.3 is 21.1 Å². The molecule has 1 atom stereocenters. The molecule has 0 bridgehead atoms. The van der Waals surface area contributed by atoms with Crippen molar-refractivity contribution < 1.29 is 9.53 Å². The lowest BCUT2D eigenvalue weighted by Gasteiger charge is -2.19. The number of amides is 1. The Bertz CT molecular complexity index is 1390. The van der Waals surface area contributed by atoms with Gasteiger partial charge in [-0.05, 0) is 80.5 Å². The van der Waals surface area contributed by atoms with E-state index in [2.05, 4.69) is 55.7 Å². The fourth-order valence-corrected chi connectivity index (χ4v) is 4.70. The van der Waals surface area contributed by atoms with E-state index < -0.39 is 6.04 Å². The van der Waals surface area contributed by atoms with Crippen molar-refractivity contribution >= 4 is 28.8 Å². The zero-order chi connectivity index (χ0) is 32.6. The Morgan fingerprint density at radius 2 is 1.73 bits per heavy atom. The average Bonchev–Trinajstić information content (AvgIpc) is 3.86. The number of amidine groups is 1. The third-order valence-electron chi connectivity index (χ3n) is 7.28. The fourth-order valence-electron chi connectivity index (χ4n) is 4.70. The molecule has 3 aromatic rings. The van der Waals surface area contributed by atoms with Crippen molar-refractivity contribution in [2.75, 3.05) is 11.9 Å². The predicted octanol–water partition coefficient (Wildman–Crippen LogP) is 8.54. The summed E-state index contributed by atoms with van der Waals surface area (Å²) in [6.45, 7) is 17.2. The first-order valence-electron chi connectivity index (χ1n) is 16.1. The fraction of sp³-hybridized carbons (Fsp3) is 0.432. The van der Waals surface area contributed by atoms with E-state index in [0.717, 1.165) is 36.3 Å². The topological polar surface area (TPSA) is 113 Å². The minimum atomic E-state index is -0.451. The molecule has 0 saturated heterocycles. The summed E-state index contributed by atoms with van der Waals surface area (Å²) < 4.78 is 6.22. The van der Waals surface area contributed by atoms with Crippen LogP contribution in [0.4, 0.5) is 11.4 Å². The van der Waals surface area contributed by atoms with Crippen LogP contribution in [-0.2, 0) is 13.0 Å². The predicted molar refractivity (Wildman–Crippen MR) is 187 cm³/mol. The van der Waals surface area contributed by atoms with Crippen LogP contribution in [0.15, 0.2) is 65.7 Å². The molecule has 1 unspecified atom stereocenters. The van der Waals surface area contributed by atoms with Gasteiger partial charge in [-0.3, -0.25) is 15.2 Å². The van der Waals surface area contributed by atoms with Crippen molar-refractivity contribution in [3.8, 4) is 5.75 Å². The van der Waals surface area contributed by atoms with E-state index in [1.807, 2.05) is 58.9 Å². The SMILES string of the molecule is CC.CC.CCc1ccccc1N=C(C)COc1ccc(C(=O)NC(CC2CC2)C(=N)N)cc1NCc1ccc(C)cc1C. The maximum atomic E-state index is 13.2. The molecule has 1 aliphatic rings. The van der Waals surface area contributed by atoms with Gasteiger partial charge in [0.2, 0.25) is 0 Å². The number of nitrogens with one attached hydrogen (secondary N) is 3. The van der Waals surface area contributed by atoms with E-state index in [-0.39, 0.29) is 11.7 Å². The molecule has 44 heavy (non-hydrogen) atoms. The normalized spacial score (nSPS) is 13.0. The first-order chi connectivity index (χ1) is 21.2. The largest absolute Gasteiger partial charge is 0.485 e. The van der Waals surface area contributed by atoms with Gasteiger partial charge in [-0.2, -0.15) is 0 Å². The van der Waals surface area contributed by atoms with Gasteiger partial charge in [-0.15, -0.1) is 0 Å². The second-order valence-electron chi connectivity index (χ2n) is 10.8. The van der Waals surface area contributed by atoms with Gasteiger partial charge in [0.25, 0.3) is 5.91 Å². The van der Waals surface area contributed by atoms with Gasteiger partial charge in [0, 0.05) is 12.1 Å². The highest BCUT2D eigenvalue weighted by atomic mass is 16.5. The van der Waals surface area contributed by atoms with Crippen LogP contribution < -0.4 is 21.1 Å². The summed E-state index contributed by atoms with van der Waals surface area (Å²) in [5.74, 6) is 0.915. The monoisotopic (exact) mass is 599 g/mol. The molecule has 0 aromatic heterocycles. The van der Waals surface area contributed by atoms with E-state index in [0.29, 0.717) is 36.8 Å². The third-order valence-corrected chi connectivity index (χ3v) is 7.28. The molecule has 3 aromatic carbocycles. The first-order valence-corrected chi connectivity index (χ1v) is 16.1. The van der Waals surface area contributed by atoms with E-state index >= 15 is 0 Å². The lowest BCUT2D eigenvalue weighted by atomic mass is 10.1. The number of nitrogens with zero attached hydrogens (tertiary/aromatic N) is 1. The zero-order valence-electron chi connectivity index (χ0n) is 28.0. The maximum Gasteiger partial charge on any atom is 0.251 e. The molecule has 1 amide bonds. The lowest BCUT2D eigenvalue weighted by Crippen LogP contribution is -2.44. The minimum absolute atomic E-state index is 0.00666. The van der Waals surface area contributed by atoms with Crippen LogP contribution in [0.1, 0.15) is 93.4 Å². The number of aliphatic imine (C=N–C) groups is 1. The molecule has 4 rings (SSSR count). The molecule has 238 valence electrons. The van der Waals surface area contributed by atoms with Crippen LogP contribution in [0.5, 0.6) is 5.75 Å². The Labute approximate surface area is 265 Å². The standard InChI is InChI=1S/C33H41N5O2.2C2H6/c1-5-25-8-6-7-9-28(25)37-23(4)20-40-31-15-14-26(33(39)38-30(32(34)35)17-24-11-12-24)18-29(31)36-19-27-13-10-21(2)16-22(27)3;2*1-2/h6-10,13-16,18,24,30,36H,5,11-12,17,19-20H2,1-4H3,(H3,34,35)(H,38,39);2*1-2H3. The molecule has 1 saturated carbocycles. The van der Waals surface area contributed by atoms with Gasteiger partial charge in [0.05, 0.1) is 23.1 Å². The number of anilines is 1. The van der Waals surface area contributed by atoms with E-state index in [1.54, 1.807) is 12.1 Å². The number of carbonyl (C=O) groups is 1. The van der Waals surface area contributed by atoms with Crippen LogP contribution >= 0.6 is 0 Å². The third kappa shape index (κ3) is 11.2. The molecule has 0 spiro atoms. The molecular formula is C37H53N5O2. The number of hydrogen-bond donors (Lipinski definition) is 4. The highest BCUT2D eigenvalue weighted by Gasteiger charge is 2.28. The highest BCUT2D eigenvalue weighted by Crippen LogP contribution is 2.34. The van der Waals surface area contributed by atoms with Crippen molar-refractivity contribution in [1.82, 2.24) is 5.32 Å². The number of nitrogens with two attached hydrogens (primary N) is 1. The molecule has 7 heteroatoms. The molecule has 0 heterocycles. The molecule has 5 N–H and O–H groups in total. The van der Waals surface area contributed by atoms with Crippen LogP contribution in [-0.4, -0.2) is 30.1 Å². The molecule has 1 aliphatic carbocycles. The second kappa shape index (κ2) is 18.5. The summed E-state index contributed by atoms with van der Waals surface area (Å²) >= 11 is 0. The van der Waals surface area contributed by atoms with Crippen LogP contribution in [0, 0.1) is 25.2 Å². The Kier molecular flexibility index (Phi) is 15.2. The Balaban J connectivity index is 0.00000162. The Morgan fingerprint density at radius 1 is 1.02 bits per heavy atom. The summed E-state index contributed by atoms with van der Waals surface area (Å²) in [5, 5.41) is 14.4. The van der Waals surface area contributed by atoms with Gasteiger partial charge >= 0.3 is 0 Å². The highest BCUT2D eigenvalue weighted by molar-refractivity contribution is 5.98. The zero-order valence-corrected chi connectivity index (χ0v) is 28.0. The summed E-state index contributed by atoms with van der Waals surface area (Å²) in [7, 11) is 0. The maximum absolute atomic E-state index is 13.2. The smallest absolute Gasteiger partial charge is 0.251 e. The van der Waals surface area contributed by atoms with E-state index in [4.69, 9.17) is 20.9 Å². The van der Waals surface area contributed by atoms with E-state index in [9.17, 15) is 4.79 Å². The Hall–Kier alpha value is -4.13. The van der Waals surface area contributed by atoms with Gasteiger partial charge in [-0.25, -0.2) is 0 Å². The summed E-state index contributed by atoms with van der Waals surface area (Å²) in [5.41, 5.74) is 13.6. The summed E-state index contributed by atoms with van der Waals surface area (Å²) in [4.78, 5) is 18.0.